The lowest BCUT2D eigenvalue weighted by Crippen LogP contribution is -2.24. The molecule has 0 saturated heterocycles. The van der Waals surface area contributed by atoms with Gasteiger partial charge in [-0.05, 0) is 12.1 Å². The fraction of sp³-hybridized carbons (Fsp3) is 0.125. The second-order valence-electron chi connectivity index (χ2n) is 2.78. The quantitative estimate of drug-likeness (QED) is 0.708. The topological polar surface area (TPSA) is 82.1 Å². The van der Waals surface area contributed by atoms with Gasteiger partial charge in [0, 0.05) is 13.2 Å². The first-order valence-electron chi connectivity index (χ1n) is 3.96. The lowest BCUT2D eigenvalue weighted by molar-refractivity contribution is 0.203. The number of aromatic amines is 1. The van der Waals surface area contributed by atoms with Crippen LogP contribution in [0.25, 0.3) is 11.2 Å². The molecule has 2 heterocycles. The molecule has 14 heavy (non-hydrogen) atoms. The van der Waals surface area contributed by atoms with E-state index in [9.17, 15) is 4.79 Å². The molecule has 0 bridgehead atoms. The van der Waals surface area contributed by atoms with E-state index in [1.54, 1.807) is 18.3 Å². The first-order valence-corrected chi connectivity index (χ1v) is 3.96. The zero-order valence-electron chi connectivity index (χ0n) is 7.43. The standard InChI is InChI=1S/C8H8N4O2/c1-12(8(13)14)7-10-5-3-2-4-9-6(5)11-7/h2-4H,1H3,(H,13,14)(H,9,10,11). The average molecular weight is 192 g/mol. The lowest BCUT2D eigenvalue weighted by Gasteiger charge is -2.06. The summed E-state index contributed by atoms with van der Waals surface area (Å²) in [5, 5.41) is 8.71. The highest BCUT2D eigenvalue weighted by Crippen LogP contribution is 2.13. The van der Waals surface area contributed by atoms with Crippen LogP contribution in [0.2, 0.25) is 0 Å². The van der Waals surface area contributed by atoms with Crippen LogP contribution < -0.4 is 4.90 Å². The van der Waals surface area contributed by atoms with Crippen molar-refractivity contribution in [1.82, 2.24) is 15.0 Å². The number of anilines is 1. The molecule has 6 nitrogen and oxygen atoms in total. The van der Waals surface area contributed by atoms with E-state index in [4.69, 9.17) is 5.11 Å². The van der Waals surface area contributed by atoms with Crippen molar-refractivity contribution in [3.05, 3.63) is 18.3 Å². The van der Waals surface area contributed by atoms with E-state index < -0.39 is 6.09 Å². The number of hydrogen-bond donors (Lipinski definition) is 2. The highest BCUT2D eigenvalue weighted by Gasteiger charge is 2.12. The molecule has 0 aliphatic carbocycles. The maximum absolute atomic E-state index is 10.6. The van der Waals surface area contributed by atoms with Crippen LogP contribution in [-0.2, 0) is 0 Å². The number of rotatable bonds is 1. The third-order valence-corrected chi connectivity index (χ3v) is 1.85. The van der Waals surface area contributed by atoms with Gasteiger partial charge in [0.15, 0.2) is 5.65 Å². The lowest BCUT2D eigenvalue weighted by atomic mass is 10.4. The number of carboxylic acid groups (broad SMARTS) is 1. The van der Waals surface area contributed by atoms with E-state index in [2.05, 4.69) is 15.0 Å². The first-order chi connectivity index (χ1) is 6.68. The van der Waals surface area contributed by atoms with Crippen LogP contribution in [0.5, 0.6) is 0 Å². The molecule has 0 atom stereocenters. The fourth-order valence-corrected chi connectivity index (χ4v) is 1.08. The van der Waals surface area contributed by atoms with Crippen molar-refractivity contribution >= 4 is 23.2 Å². The van der Waals surface area contributed by atoms with Crippen LogP contribution in [0.15, 0.2) is 18.3 Å². The number of hydrogen-bond acceptors (Lipinski definition) is 3. The van der Waals surface area contributed by atoms with Gasteiger partial charge in [0.25, 0.3) is 0 Å². The predicted molar refractivity (Wildman–Crippen MR) is 50.3 cm³/mol. The molecule has 0 aliphatic rings. The summed E-state index contributed by atoms with van der Waals surface area (Å²) in [6, 6.07) is 3.54. The number of H-pyrrole nitrogens is 1. The Hall–Kier alpha value is -2.11. The number of aromatic nitrogens is 3. The van der Waals surface area contributed by atoms with Gasteiger partial charge in [0.2, 0.25) is 5.95 Å². The van der Waals surface area contributed by atoms with Crippen LogP contribution in [0.1, 0.15) is 0 Å². The number of pyridine rings is 1. The van der Waals surface area contributed by atoms with Gasteiger partial charge in [-0.1, -0.05) is 0 Å². The van der Waals surface area contributed by atoms with Crippen LogP contribution >= 0.6 is 0 Å². The summed E-state index contributed by atoms with van der Waals surface area (Å²) in [5.41, 5.74) is 1.23. The van der Waals surface area contributed by atoms with Crippen LogP contribution in [-0.4, -0.2) is 33.2 Å². The van der Waals surface area contributed by atoms with Crippen molar-refractivity contribution in [1.29, 1.82) is 0 Å². The fourth-order valence-electron chi connectivity index (χ4n) is 1.08. The van der Waals surface area contributed by atoms with Crippen molar-refractivity contribution in [3.63, 3.8) is 0 Å². The molecule has 6 heteroatoms. The summed E-state index contributed by atoms with van der Waals surface area (Å²) in [4.78, 5) is 22.5. The van der Waals surface area contributed by atoms with Gasteiger partial charge < -0.3 is 10.1 Å². The van der Waals surface area contributed by atoms with Gasteiger partial charge in [-0.3, -0.25) is 4.90 Å². The molecule has 1 amide bonds. The Bertz CT molecular complexity index is 446. The van der Waals surface area contributed by atoms with E-state index >= 15 is 0 Å². The predicted octanol–water partition coefficient (Wildman–Crippen LogP) is 1.07. The zero-order chi connectivity index (χ0) is 10.1. The number of imidazole rings is 1. The Morgan fingerprint density at radius 2 is 2.43 bits per heavy atom. The molecule has 0 saturated carbocycles. The molecule has 0 spiro atoms. The molecule has 2 rings (SSSR count). The summed E-state index contributed by atoms with van der Waals surface area (Å²) in [5.74, 6) is 0.270. The minimum absolute atomic E-state index is 0.270. The van der Waals surface area contributed by atoms with Gasteiger partial charge in [-0.15, -0.1) is 0 Å². The van der Waals surface area contributed by atoms with Crippen molar-refractivity contribution in [2.24, 2.45) is 0 Å². The van der Waals surface area contributed by atoms with Crippen LogP contribution in [0.3, 0.4) is 0 Å². The Morgan fingerprint density at radius 1 is 1.64 bits per heavy atom. The minimum atomic E-state index is -1.07. The highest BCUT2D eigenvalue weighted by atomic mass is 16.4. The average Bonchev–Trinajstić information content (AvgIpc) is 2.59. The van der Waals surface area contributed by atoms with Crippen molar-refractivity contribution in [2.45, 2.75) is 0 Å². The molecule has 0 unspecified atom stereocenters. The van der Waals surface area contributed by atoms with Crippen molar-refractivity contribution in [2.75, 3.05) is 11.9 Å². The van der Waals surface area contributed by atoms with Gasteiger partial charge in [-0.2, -0.15) is 4.98 Å². The number of fused-ring (bicyclic) bond motifs is 1. The third kappa shape index (κ3) is 1.26. The molecule has 2 aromatic rings. The number of amides is 1. The smallest absolute Gasteiger partial charge is 0.413 e. The molecule has 0 radical (unpaired) electrons. The molecule has 0 aliphatic heterocycles. The summed E-state index contributed by atoms with van der Waals surface area (Å²) in [7, 11) is 1.42. The van der Waals surface area contributed by atoms with Gasteiger partial charge in [-0.25, -0.2) is 9.78 Å². The number of nitrogens with one attached hydrogen (secondary N) is 1. The molecule has 0 aromatic carbocycles. The second kappa shape index (κ2) is 2.99. The number of carbonyl (C=O) groups is 1. The van der Waals surface area contributed by atoms with Crippen molar-refractivity contribution in [3.8, 4) is 0 Å². The van der Waals surface area contributed by atoms with Gasteiger partial charge >= 0.3 is 6.09 Å². The van der Waals surface area contributed by atoms with Crippen molar-refractivity contribution < 1.29 is 9.90 Å². The SMILES string of the molecule is CN(C(=O)O)c1nc2ncccc2[nH]1. The molecular formula is C8H8N4O2. The normalized spacial score (nSPS) is 10.4. The molecule has 72 valence electrons. The molecule has 2 aromatic heterocycles. The summed E-state index contributed by atoms with van der Waals surface area (Å²) >= 11 is 0. The summed E-state index contributed by atoms with van der Waals surface area (Å²) in [6.07, 6.45) is 0.539. The minimum Gasteiger partial charge on any atom is -0.465 e. The zero-order valence-corrected chi connectivity index (χ0v) is 7.43. The summed E-state index contributed by atoms with van der Waals surface area (Å²) in [6.45, 7) is 0. The molecular weight excluding hydrogens is 184 g/mol. The summed E-state index contributed by atoms with van der Waals surface area (Å²) < 4.78 is 0. The van der Waals surface area contributed by atoms with E-state index in [0.29, 0.717) is 5.65 Å². The van der Waals surface area contributed by atoms with Crippen LogP contribution in [0, 0.1) is 0 Å². The molecule has 2 N–H and O–H groups in total. The Kier molecular flexibility index (Phi) is 1.81. The van der Waals surface area contributed by atoms with E-state index in [0.717, 1.165) is 10.4 Å². The van der Waals surface area contributed by atoms with Crippen LogP contribution in [0.4, 0.5) is 10.7 Å². The van der Waals surface area contributed by atoms with E-state index in [1.807, 2.05) is 0 Å². The molecule has 0 fully saturated rings. The maximum Gasteiger partial charge on any atom is 0.413 e. The second-order valence-corrected chi connectivity index (χ2v) is 2.78. The number of nitrogens with zero attached hydrogens (tertiary/aromatic N) is 3. The largest absolute Gasteiger partial charge is 0.465 e. The Morgan fingerprint density at radius 3 is 3.07 bits per heavy atom. The first kappa shape index (κ1) is 8.49. The van der Waals surface area contributed by atoms with E-state index in [-0.39, 0.29) is 5.95 Å². The van der Waals surface area contributed by atoms with E-state index in [1.165, 1.54) is 7.05 Å². The van der Waals surface area contributed by atoms with Gasteiger partial charge in [0.1, 0.15) is 0 Å². The Balaban J connectivity index is 2.50. The highest BCUT2D eigenvalue weighted by molar-refractivity contribution is 5.85. The van der Waals surface area contributed by atoms with Gasteiger partial charge in [0.05, 0.1) is 5.52 Å². The monoisotopic (exact) mass is 192 g/mol. The third-order valence-electron chi connectivity index (χ3n) is 1.85. The maximum atomic E-state index is 10.6. The Labute approximate surface area is 79.2 Å².